The number of halogens is 2. The van der Waals surface area contributed by atoms with Crippen LogP contribution in [0.5, 0.6) is 0 Å². The molecule has 2 N–H and O–H groups in total. The van der Waals surface area contributed by atoms with E-state index >= 15 is 0 Å². The number of benzene rings is 1. The number of aliphatic hydroxyl groups is 1. The van der Waals surface area contributed by atoms with Gasteiger partial charge in [-0.15, -0.1) is 0 Å². The van der Waals surface area contributed by atoms with E-state index in [1.165, 1.54) is 0 Å². The number of rotatable bonds is 5. The Hall–Kier alpha value is -0.520. The molecule has 0 radical (unpaired) electrons. The summed E-state index contributed by atoms with van der Waals surface area (Å²) >= 11 is 12.4. The first kappa shape index (κ1) is 17.3. The van der Waals surface area contributed by atoms with Gasteiger partial charge in [-0.2, -0.15) is 0 Å². The smallest absolute Gasteiger partial charge is 0.0825 e. The SMILES string of the molecule is OC1(CCCN2CCN(c3cccc(Cl)c3Cl)CC2)CCNC1. The number of anilines is 1. The molecular weight excluding hydrogens is 333 g/mol. The van der Waals surface area contributed by atoms with Crippen molar-refractivity contribution >= 4 is 28.9 Å². The van der Waals surface area contributed by atoms with Gasteiger partial charge >= 0.3 is 0 Å². The van der Waals surface area contributed by atoms with Crippen molar-refractivity contribution in [3.05, 3.63) is 28.2 Å². The Morgan fingerprint density at radius 2 is 1.96 bits per heavy atom. The van der Waals surface area contributed by atoms with E-state index in [2.05, 4.69) is 15.1 Å². The molecule has 128 valence electrons. The first-order valence-electron chi connectivity index (χ1n) is 8.42. The van der Waals surface area contributed by atoms with Crippen molar-refractivity contribution in [2.75, 3.05) is 50.7 Å². The van der Waals surface area contributed by atoms with Gasteiger partial charge in [0.2, 0.25) is 0 Å². The van der Waals surface area contributed by atoms with Crippen LogP contribution in [0.2, 0.25) is 10.0 Å². The van der Waals surface area contributed by atoms with Crippen molar-refractivity contribution in [3.8, 4) is 0 Å². The van der Waals surface area contributed by atoms with Gasteiger partial charge in [-0.1, -0.05) is 29.3 Å². The minimum atomic E-state index is -0.476. The van der Waals surface area contributed by atoms with Crippen molar-refractivity contribution < 1.29 is 5.11 Å². The second-order valence-electron chi connectivity index (χ2n) is 6.66. The molecule has 0 aromatic heterocycles. The van der Waals surface area contributed by atoms with Crippen LogP contribution in [0.25, 0.3) is 0 Å². The lowest BCUT2D eigenvalue weighted by molar-refractivity contribution is 0.0468. The van der Waals surface area contributed by atoms with E-state index in [0.29, 0.717) is 10.0 Å². The van der Waals surface area contributed by atoms with Crippen molar-refractivity contribution in [1.82, 2.24) is 10.2 Å². The van der Waals surface area contributed by atoms with Crippen molar-refractivity contribution in [3.63, 3.8) is 0 Å². The summed E-state index contributed by atoms with van der Waals surface area (Å²) in [5.74, 6) is 0. The van der Waals surface area contributed by atoms with E-state index < -0.39 is 5.60 Å². The number of piperazine rings is 1. The van der Waals surface area contributed by atoms with Gasteiger partial charge in [0.15, 0.2) is 0 Å². The standard InChI is InChI=1S/C17H25Cl2N3O/c18-14-3-1-4-15(16(14)19)22-11-9-21(10-12-22)8-2-5-17(23)6-7-20-13-17/h1,3-4,20,23H,2,5-13H2. The lowest BCUT2D eigenvalue weighted by atomic mass is 9.97. The Bertz CT molecular complexity index is 527. The molecule has 1 unspecified atom stereocenters. The minimum Gasteiger partial charge on any atom is -0.389 e. The van der Waals surface area contributed by atoms with E-state index in [0.717, 1.165) is 70.8 Å². The van der Waals surface area contributed by atoms with Crippen LogP contribution in [0.3, 0.4) is 0 Å². The van der Waals surface area contributed by atoms with Crippen LogP contribution >= 0.6 is 23.2 Å². The van der Waals surface area contributed by atoms with Gasteiger partial charge in [0.25, 0.3) is 0 Å². The Morgan fingerprint density at radius 1 is 1.17 bits per heavy atom. The predicted molar refractivity (Wildman–Crippen MR) is 96.8 cm³/mol. The maximum Gasteiger partial charge on any atom is 0.0825 e. The molecule has 6 heteroatoms. The molecule has 2 heterocycles. The molecule has 3 rings (SSSR count). The average Bonchev–Trinajstić information content (AvgIpc) is 2.98. The van der Waals surface area contributed by atoms with Crippen LogP contribution in [-0.4, -0.2) is 61.4 Å². The van der Waals surface area contributed by atoms with Gasteiger partial charge in [0.1, 0.15) is 0 Å². The quantitative estimate of drug-likeness (QED) is 0.849. The maximum absolute atomic E-state index is 10.4. The van der Waals surface area contributed by atoms with Gasteiger partial charge in [-0.05, 0) is 44.5 Å². The number of nitrogens with zero attached hydrogens (tertiary/aromatic N) is 2. The third-order valence-corrected chi connectivity index (χ3v) is 5.79. The lowest BCUT2D eigenvalue weighted by Crippen LogP contribution is -2.47. The molecule has 2 aliphatic rings. The van der Waals surface area contributed by atoms with Gasteiger partial charge in [0.05, 0.1) is 21.3 Å². The highest BCUT2D eigenvalue weighted by Gasteiger charge is 2.30. The summed E-state index contributed by atoms with van der Waals surface area (Å²) in [6, 6.07) is 5.81. The van der Waals surface area contributed by atoms with E-state index in [-0.39, 0.29) is 0 Å². The molecule has 1 aromatic carbocycles. The third kappa shape index (κ3) is 4.31. The molecule has 2 fully saturated rings. The van der Waals surface area contributed by atoms with E-state index in [9.17, 15) is 5.11 Å². The van der Waals surface area contributed by atoms with Crippen LogP contribution in [0.15, 0.2) is 18.2 Å². The molecule has 0 aliphatic carbocycles. The number of nitrogens with one attached hydrogen (secondary N) is 1. The Kier molecular flexibility index (Phi) is 5.70. The largest absolute Gasteiger partial charge is 0.389 e. The summed E-state index contributed by atoms with van der Waals surface area (Å²) in [6.07, 6.45) is 2.82. The molecule has 0 amide bonds. The molecule has 23 heavy (non-hydrogen) atoms. The number of β-amino-alcohol motifs (C(OH)–C–C–N with tert-alkyl or cyclic N) is 1. The highest BCUT2D eigenvalue weighted by Crippen LogP contribution is 2.32. The molecule has 1 aromatic rings. The maximum atomic E-state index is 10.4. The van der Waals surface area contributed by atoms with Crippen LogP contribution in [0.1, 0.15) is 19.3 Å². The summed E-state index contributed by atoms with van der Waals surface area (Å²) in [5, 5.41) is 14.9. The summed E-state index contributed by atoms with van der Waals surface area (Å²) in [7, 11) is 0. The molecular formula is C17H25Cl2N3O. The van der Waals surface area contributed by atoms with E-state index in [4.69, 9.17) is 23.2 Å². The summed E-state index contributed by atoms with van der Waals surface area (Å²) < 4.78 is 0. The van der Waals surface area contributed by atoms with E-state index in [1.807, 2.05) is 18.2 Å². The topological polar surface area (TPSA) is 38.7 Å². The molecule has 4 nitrogen and oxygen atoms in total. The van der Waals surface area contributed by atoms with Gasteiger partial charge < -0.3 is 15.3 Å². The highest BCUT2D eigenvalue weighted by atomic mass is 35.5. The molecule has 0 bridgehead atoms. The Morgan fingerprint density at radius 3 is 2.65 bits per heavy atom. The second-order valence-corrected chi connectivity index (χ2v) is 7.44. The van der Waals surface area contributed by atoms with Crippen LogP contribution < -0.4 is 10.2 Å². The minimum absolute atomic E-state index is 0.476. The molecule has 0 saturated carbocycles. The lowest BCUT2D eigenvalue weighted by Gasteiger charge is -2.37. The zero-order chi connectivity index (χ0) is 16.3. The fourth-order valence-electron chi connectivity index (χ4n) is 3.52. The molecule has 2 saturated heterocycles. The first-order valence-corrected chi connectivity index (χ1v) is 9.17. The van der Waals surface area contributed by atoms with Crippen molar-refractivity contribution in [2.24, 2.45) is 0 Å². The fourth-order valence-corrected chi connectivity index (χ4v) is 3.94. The second kappa shape index (κ2) is 7.58. The number of hydrogen-bond acceptors (Lipinski definition) is 4. The van der Waals surface area contributed by atoms with E-state index in [1.54, 1.807) is 0 Å². The Labute approximate surface area is 148 Å². The normalized spacial score (nSPS) is 26.0. The zero-order valence-electron chi connectivity index (χ0n) is 13.4. The number of hydrogen-bond donors (Lipinski definition) is 2. The highest BCUT2D eigenvalue weighted by molar-refractivity contribution is 6.43. The molecule has 1 atom stereocenters. The van der Waals surface area contributed by atoms with Crippen molar-refractivity contribution in [2.45, 2.75) is 24.9 Å². The monoisotopic (exact) mass is 357 g/mol. The fraction of sp³-hybridized carbons (Fsp3) is 0.647. The van der Waals surface area contributed by atoms with Crippen LogP contribution in [0.4, 0.5) is 5.69 Å². The molecule has 2 aliphatic heterocycles. The van der Waals surface area contributed by atoms with Gasteiger partial charge in [-0.25, -0.2) is 0 Å². The first-order chi connectivity index (χ1) is 11.1. The summed E-state index contributed by atoms with van der Waals surface area (Å²) in [5.41, 5.74) is 0.556. The molecule has 0 spiro atoms. The van der Waals surface area contributed by atoms with Crippen molar-refractivity contribution in [1.29, 1.82) is 0 Å². The van der Waals surface area contributed by atoms with Gasteiger partial charge in [0, 0.05) is 32.7 Å². The van der Waals surface area contributed by atoms with Gasteiger partial charge in [-0.3, -0.25) is 4.90 Å². The zero-order valence-corrected chi connectivity index (χ0v) is 14.9. The Balaban J connectivity index is 1.44. The summed E-state index contributed by atoms with van der Waals surface area (Å²) in [6.45, 7) is 6.72. The third-order valence-electron chi connectivity index (χ3n) is 4.98. The predicted octanol–water partition coefficient (Wildman–Crippen LogP) is 2.62. The van der Waals surface area contributed by atoms with Crippen LogP contribution in [-0.2, 0) is 0 Å². The average molecular weight is 358 g/mol. The van der Waals surface area contributed by atoms with Crippen LogP contribution in [0, 0.1) is 0 Å². The summed E-state index contributed by atoms with van der Waals surface area (Å²) in [4.78, 5) is 4.78.